The number of halogens is 3. The zero-order valence-electron chi connectivity index (χ0n) is 13.5. The molecule has 0 radical (unpaired) electrons. The van der Waals surface area contributed by atoms with E-state index in [1.54, 1.807) is 31.2 Å². The molecule has 8 heteroatoms. The number of hydrogen-bond acceptors (Lipinski definition) is 3. The molecule has 0 saturated heterocycles. The molecule has 3 rings (SSSR count). The van der Waals surface area contributed by atoms with E-state index in [1.807, 2.05) is 0 Å². The van der Waals surface area contributed by atoms with E-state index in [4.69, 9.17) is 11.6 Å². The summed E-state index contributed by atoms with van der Waals surface area (Å²) in [5.41, 5.74) is 0.160. The average Bonchev–Trinajstić information content (AvgIpc) is 2.59. The van der Waals surface area contributed by atoms with Gasteiger partial charge in [-0.1, -0.05) is 11.6 Å². The van der Waals surface area contributed by atoms with E-state index in [2.05, 4.69) is 10.4 Å². The molecule has 132 valence electrons. The van der Waals surface area contributed by atoms with Gasteiger partial charge < -0.3 is 5.32 Å². The van der Waals surface area contributed by atoms with Gasteiger partial charge in [-0.15, -0.1) is 0 Å². The normalized spacial score (nSPS) is 10.6. The first-order chi connectivity index (χ1) is 12.3. The van der Waals surface area contributed by atoms with E-state index in [9.17, 15) is 18.4 Å². The summed E-state index contributed by atoms with van der Waals surface area (Å²) in [4.78, 5) is 24.5. The van der Waals surface area contributed by atoms with Crippen LogP contribution in [0.25, 0.3) is 5.69 Å². The first-order valence-electron chi connectivity index (χ1n) is 7.48. The Morgan fingerprint density at radius 3 is 2.42 bits per heavy atom. The number of aromatic nitrogens is 2. The van der Waals surface area contributed by atoms with Crippen molar-refractivity contribution in [3.8, 4) is 5.69 Å². The highest BCUT2D eigenvalue weighted by molar-refractivity contribution is 6.30. The molecule has 2 aromatic carbocycles. The third kappa shape index (κ3) is 3.62. The Morgan fingerprint density at radius 2 is 1.77 bits per heavy atom. The Bertz CT molecular complexity index is 1050. The zero-order valence-corrected chi connectivity index (χ0v) is 14.2. The lowest BCUT2D eigenvalue weighted by Gasteiger charge is -2.11. The summed E-state index contributed by atoms with van der Waals surface area (Å²) in [7, 11) is 0. The predicted octanol–water partition coefficient (Wildman–Crippen LogP) is 3.72. The largest absolute Gasteiger partial charge is 0.320 e. The topological polar surface area (TPSA) is 64.0 Å². The number of carbonyl (C=O) groups excluding carboxylic acids is 1. The number of aryl methyl sites for hydroxylation is 1. The van der Waals surface area contributed by atoms with Gasteiger partial charge in [-0.05, 0) is 43.3 Å². The summed E-state index contributed by atoms with van der Waals surface area (Å²) in [5, 5.41) is 6.95. The minimum Gasteiger partial charge on any atom is -0.320 e. The minimum atomic E-state index is -1.11. The van der Waals surface area contributed by atoms with Crippen LogP contribution in [-0.4, -0.2) is 15.7 Å². The van der Waals surface area contributed by atoms with Crippen LogP contribution >= 0.6 is 11.6 Å². The number of nitrogens with zero attached hydrogens (tertiary/aromatic N) is 2. The SMILES string of the molecule is Cc1cc(=O)c(C(=O)Nc2ccc(F)c(F)c2)nn1-c1ccc(Cl)cc1. The Hall–Kier alpha value is -3.06. The van der Waals surface area contributed by atoms with Crippen LogP contribution in [0.3, 0.4) is 0 Å². The number of rotatable bonds is 3. The van der Waals surface area contributed by atoms with Crippen molar-refractivity contribution < 1.29 is 13.6 Å². The lowest BCUT2D eigenvalue weighted by Crippen LogP contribution is -2.27. The first kappa shape index (κ1) is 17.8. The summed E-state index contributed by atoms with van der Waals surface area (Å²) >= 11 is 5.86. The molecule has 0 spiro atoms. The third-order valence-electron chi connectivity index (χ3n) is 3.57. The van der Waals surface area contributed by atoms with E-state index in [-0.39, 0.29) is 11.4 Å². The summed E-state index contributed by atoms with van der Waals surface area (Å²) in [5.74, 6) is -2.98. The van der Waals surface area contributed by atoms with Crippen LogP contribution < -0.4 is 10.7 Å². The fourth-order valence-corrected chi connectivity index (χ4v) is 2.44. The second kappa shape index (κ2) is 7.05. The molecular formula is C18H12ClF2N3O2. The highest BCUT2D eigenvalue weighted by Crippen LogP contribution is 2.15. The fourth-order valence-electron chi connectivity index (χ4n) is 2.31. The fraction of sp³-hybridized carbons (Fsp3) is 0.0556. The number of carbonyl (C=O) groups is 1. The average molecular weight is 376 g/mol. The van der Waals surface area contributed by atoms with E-state index in [1.165, 1.54) is 16.8 Å². The number of amides is 1. The van der Waals surface area contributed by atoms with E-state index < -0.39 is 23.0 Å². The van der Waals surface area contributed by atoms with Crippen molar-refractivity contribution in [2.45, 2.75) is 6.92 Å². The van der Waals surface area contributed by atoms with Crippen LogP contribution in [0, 0.1) is 18.6 Å². The monoisotopic (exact) mass is 375 g/mol. The second-order valence-electron chi connectivity index (χ2n) is 5.47. The lowest BCUT2D eigenvalue weighted by atomic mass is 10.2. The molecule has 0 unspecified atom stereocenters. The molecule has 0 aliphatic rings. The van der Waals surface area contributed by atoms with Crippen LogP contribution in [0.2, 0.25) is 5.02 Å². The summed E-state index contributed by atoms with van der Waals surface area (Å²) in [6, 6.07) is 10.8. The summed E-state index contributed by atoms with van der Waals surface area (Å²) < 4.78 is 27.7. The molecule has 0 aliphatic heterocycles. The van der Waals surface area contributed by atoms with Crippen molar-refractivity contribution in [3.05, 3.63) is 86.8 Å². The maximum atomic E-state index is 13.3. The molecule has 0 aliphatic carbocycles. The van der Waals surface area contributed by atoms with Gasteiger partial charge in [0.1, 0.15) is 0 Å². The van der Waals surface area contributed by atoms with Gasteiger partial charge in [-0.3, -0.25) is 9.59 Å². The van der Waals surface area contributed by atoms with Gasteiger partial charge >= 0.3 is 0 Å². The van der Waals surface area contributed by atoms with Gasteiger partial charge in [0.25, 0.3) is 5.91 Å². The smallest absolute Gasteiger partial charge is 0.280 e. The number of hydrogen-bond donors (Lipinski definition) is 1. The van der Waals surface area contributed by atoms with E-state index in [0.29, 0.717) is 16.4 Å². The molecule has 1 N–H and O–H groups in total. The molecule has 0 bridgehead atoms. The molecule has 0 saturated carbocycles. The molecule has 0 atom stereocenters. The van der Waals surface area contributed by atoms with Crippen LogP contribution in [0.1, 0.15) is 16.2 Å². The van der Waals surface area contributed by atoms with Crippen molar-refractivity contribution in [3.63, 3.8) is 0 Å². The molecule has 1 aromatic heterocycles. The number of nitrogens with one attached hydrogen (secondary N) is 1. The van der Waals surface area contributed by atoms with Gasteiger partial charge in [0.15, 0.2) is 17.3 Å². The highest BCUT2D eigenvalue weighted by Gasteiger charge is 2.16. The van der Waals surface area contributed by atoms with E-state index in [0.717, 1.165) is 12.1 Å². The predicted molar refractivity (Wildman–Crippen MR) is 93.9 cm³/mol. The molecule has 5 nitrogen and oxygen atoms in total. The highest BCUT2D eigenvalue weighted by atomic mass is 35.5. The summed E-state index contributed by atoms with van der Waals surface area (Å²) in [6.07, 6.45) is 0. The minimum absolute atomic E-state index is 0.00807. The second-order valence-corrected chi connectivity index (χ2v) is 5.91. The quantitative estimate of drug-likeness (QED) is 0.758. The van der Waals surface area contributed by atoms with Gasteiger partial charge in [0, 0.05) is 28.5 Å². The molecule has 26 heavy (non-hydrogen) atoms. The molecule has 3 aromatic rings. The Kier molecular flexibility index (Phi) is 4.81. The van der Waals surface area contributed by atoms with Crippen LogP contribution in [0.15, 0.2) is 53.3 Å². The van der Waals surface area contributed by atoms with Crippen molar-refractivity contribution in [2.75, 3.05) is 5.32 Å². The Labute approximate surface area is 151 Å². The van der Waals surface area contributed by atoms with Crippen LogP contribution in [0.5, 0.6) is 0 Å². The third-order valence-corrected chi connectivity index (χ3v) is 3.82. The van der Waals surface area contributed by atoms with E-state index >= 15 is 0 Å². The molecule has 0 fully saturated rings. The Morgan fingerprint density at radius 1 is 1.08 bits per heavy atom. The number of benzene rings is 2. The maximum absolute atomic E-state index is 13.3. The first-order valence-corrected chi connectivity index (χ1v) is 7.86. The van der Waals surface area contributed by atoms with Gasteiger partial charge in [0.05, 0.1) is 5.69 Å². The van der Waals surface area contributed by atoms with Gasteiger partial charge in [-0.25, -0.2) is 13.5 Å². The van der Waals surface area contributed by atoms with Crippen molar-refractivity contribution >= 4 is 23.2 Å². The van der Waals surface area contributed by atoms with Crippen molar-refractivity contribution in [1.29, 1.82) is 0 Å². The molecular weight excluding hydrogens is 364 g/mol. The maximum Gasteiger partial charge on any atom is 0.280 e. The standard InChI is InChI=1S/C18H12ClF2N3O2/c1-10-8-16(25)17(23-24(10)13-5-2-11(19)3-6-13)18(26)22-12-4-7-14(20)15(21)9-12/h2-9H,1H3,(H,22,26). The molecule has 1 amide bonds. The summed E-state index contributed by atoms with van der Waals surface area (Å²) in [6.45, 7) is 1.67. The molecule has 1 heterocycles. The lowest BCUT2D eigenvalue weighted by molar-refractivity contribution is 0.101. The Balaban J connectivity index is 1.97. The van der Waals surface area contributed by atoms with Gasteiger partial charge in [-0.2, -0.15) is 5.10 Å². The van der Waals surface area contributed by atoms with Gasteiger partial charge in [0.2, 0.25) is 5.43 Å². The zero-order chi connectivity index (χ0) is 18.8. The van der Waals surface area contributed by atoms with Crippen molar-refractivity contribution in [1.82, 2.24) is 9.78 Å². The van der Waals surface area contributed by atoms with Crippen LogP contribution in [-0.2, 0) is 0 Å². The van der Waals surface area contributed by atoms with Crippen molar-refractivity contribution in [2.24, 2.45) is 0 Å². The van der Waals surface area contributed by atoms with Crippen LogP contribution in [0.4, 0.5) is 14.5 Å². The number of anilines is 1.